The highest BCUT2D eigenvalue weighted by Crippen LogP contribution is 2.25. The van der Waals surface area contributed by atoms with E-state index in [-0.39, 0.29) is 30.0 Å². The highest BCUT2D eigenvalue weighted by molar-refractivity contribution is 14.0. The van der Waals surface area contributed by atoms with Gasteiger partial charge in [0.2, 0.25) is 0 Å². The molecule has 1 aromatic heterocycles. The van der Waals surface area contributed by atoms with Gasteiger partial charge in [-0.15, -0.1) is 24.0 Å². The number of guanidine groups is 1. The van der Waals surface area contributed by atoms with Crippen LogP contribution in [-0.2, 0) is 0 Å². The smallest absolute Gasteiger partial charge is 0.193 e. The second-order valence-corrected chi connectivity index (χ2v) is 5.99. The third-order valence-corrected chi connectivity index (χ3v) is 4.18. The van der Waals surface area contributed by atoms with E-state index in [0.717, 1.165) is 24.5 Å². The number of aliphatic imine (C=N–C) groups is 1. The molecule has 130 valence electrons. The van der Waals surface area contributed by atoms with Crippen molar-refractivity contribution in [3.8, 4) is 0 Å². The Morgan fingerprint density at radius 3 is 2.75 bits per heavy atom. The fraction of sp³-hybridized carbons (Fsp3) is 0.389. The van der Waals surface area contributed by atoms with Crippen LogP contribution in [0.15, 0.2) is 52.1 Å². The number of hydrogen-bond donors (Lipinski definition) is 2. The molecule has 0 spiro atoms. The zero-order valence-electron chi connectivity index (χ0n) is 13.9. The fourth-order valence-corrected chi connectivity index (χ4v) is 3.01. The first-order valence-electron chi connectivity index (χ1n) is 8.13. The Labute approximate surface area is 160 Å². The van der Waals surface area contributed by atoms with Crippen LogP contribution in [0.5, 0.6) is 0 Å². The lowest BCUT2D eigenvalue weighted by molar-refractivity contribution is 0.221. The fourth-order valence-electron chi connectivity index (χ4n) is 3.01. The van der Waals surface area contributed by atoms with Crippen LogP contribution >= 0.6 is 24.0 Å². The number of nitrogens with zero attached hydrogens (tertiary/aromatic N) is 2. The molecule has 0 radical (unpaired) electrons. The van der Waals surface area contributed by atoms with Gasteiger partial charge >= 0.3 is 0 Å². The molecule has 0 saturated carbocycles. The Morgan fingerprint density at radius 2 is 2.08 bits per heavy atom. The highest BCUT2D eigenvalue weighted by atomic mass is 127. The van der Waals surface area contributed by atoms with Crippen molar-refractivity contribution in [1.29, 1.82) is 0 Å². The predicted molar refractivity (Wildman–Crippen MR) is 109 cm³/mol. The SMILES string of the molecule is Cc1cccc(NC(N)=NCC(c2ccco2)N2CCCC2)c1.I. The summed E-state index contributed by atoms with van der Waals surface area (Å²) in [6.45, 7) is 4.83. The van der Waals surface area contributed by atoms with Gasteiger partial charge < -0.3 is 15.5 Å². The Hall–Kier alpha value is -1.54. The molecule has 0 amide bonds. The zero-order chi connectivity index (χ0) is 16.1. The second-order valence-electron chi connectivity index (χ2n) is 5.99. The van der Waals surface area contributed by atoms with Crippen molar-refractivity contribution in [1.82, 2.24) is 4.90 Å². The van der Waals surface area contributed by atoms with Gasteiger partial charge in [0, 0.05) is 5.69 Å². The minimum Gasteiger partial charge on any atom is -0.468 e. The number of anilines is 1. The highest BCUT2D eigenvalue weighted by Gasteiger charge is 2.25. The molecule has 1 aliphatic rings. The molecule has 3 rings (SSSR count). The second kappa shape index (κ2) is 9.08. The topological polar surface area (TPSA) is 66.8 Å². The number of furan rings is 1. The van der Waals surface area contributed by atoms with Crippen molar-refractivity contribution in [2.45, 2.75) is 25.8 Å². The maximum atomic E-state index is 6.05. The molecule has 1 unspecified atom stereocenters. The average molecular weight is 440 g/mol. The summed E-state index contributed by atoms with van der Waals surface area (Å²) in [7, 11) is 0. The van der Waals surface area contributed by atoms with Crippen LogP contribution in [0.2, 0.25) is 0 Å². The van der Waals surface area contributed by atoms with Crippen molar-refractivity contribution in [3.05, 3.63) is 54.0 Å². The van der Waals surface area contributed by atoms with E-state index in [0.29, 0.717) is 12.5 Å². The lowest BCUT2D eigenvalue weighted by atomic mass is 10.2. The molecule has 2 aromatic rings. The van der Waals surface area contributed by atoms with Crippen LogP contribution in [0.25, 0.3) is 0 Å². The molecule has 1 saturated heterocycles. The van der Waals surface area contributed by atoms with Gasteiger partial charge in [-0.2, -0.15) is 0 Å². The van der Waals surface area contributed by atoms with Crippen molar-refractivity contribution in [2.75, 3.05) is 25.0 Å². The lowest BCUT2D eigenvalue weighted by Gasteiger charge is -2.24. The van der Waals surface area contributed by atoms with Crippen LogP contribution in [0, 0.1) is 6.92 Å². The Morgan fingerprint density at radius 1 is 1.29 bits per heavy atom. The summed E-state index contributed by atoms with van der Waals surface area (Å²) in [6, 6.07) is 12.2. The van der Waals surface area contributed by atoms with E-state index in [1.165, 1.54) is 18.4 Å². The molecule has 3 N–H and O–H groups in total. The number of hydrogen-bond acceptors (Lipinski definition) is 3. The molecular formula is C18H25IN4O. The van der Waals surface area contributed by atoms with Crippen LogP contribution in [0.3, 0.4) is 0 Å². The normalized spacial score (nSPS) is 16.6. The Balaban J connectivity index is 0.00000208. The molecule has 1 aliphatic heterocycles. The quantitative estimate of drug-likeness (QED) is 0.422. The van der Waals surface area contributed by atoms with Crippen molar-refractivity contribution in [2.24, 2.45) is 10.7 Å². The standard InChI is InChI=1S/C18H24N4O.HI/c1-14-6-4-7-15(12-14)21-18(19)20-13-16(17-8-5-11-23-17)22-9-2-3-10-22;/h4-8,11-12,16H,2-3,9-10,13H2,1H3,(H3,19,20,21);1H. The third-order valence-electron chi connectivity index (χ3n) is 4.18. The summed E-state index contributed by atoms with van der Waals surface area (Å²) in [6.07, 6.45) is 4.19. The first-order valence-corrected chi connectivity index (χ1v) is 8.13. The summed E-state index contributed by atoms with van der Waals surface area (Å²) < 4.78 is 5.60. The maximum Gasteiger partial charge on any atom is 0.193 e. The van der Waals surface area contributed by atoms with Gasteiger partial charge in [-0.1, -0.05) is 12.1 Å². The Bertz CT molecular complexity index is 651. The van der Waals surface area contributed by atoms with Crippen molar-refractivity contribution in [3.63, 3.8) is 0 Å². The van der Waals surface area contributed by atoms with E-state index >= 15 is 0 Å². The number of benzene rings is 1. The Kier molecular flexibility index (Phi) is 7.11. The molecule has 5 nitrogen and oxygen atoms in total. The molecule has 24 heavy (non-hydrogen) atoms. The largest absolute Gasteiger partial charge is 0.468 e. The lowest BCUT2D eigenvalue weighted by Crippen LogP contribution is -2.30. The van der Waals surface area contributed by atoms with E-state index < -0.39 is 0 Å². The van der Waals surface area contributed by atoms with Crippen LogP contribution < -0.4 is 11.1 Å². The third kappa shape index (κ3) is 4.98. The zero-order valence-corrected chi connectivity index (χ0v) is 16.3. The van der Waals surface area contributed by atoms with E-state index in [4.69, 9.17) is 10.2 Å². The van der Waals surface area contributed by atoms with E-state index in [1.807, 2.05) is 30.3 Å². The minimum atomic E-state index is 0. The molecular weight excluding hydrogens is 415 g/mol. The molecule has 6 heteroatoms. The van der Waals surface area contributed by atoms with Gasteiger partial charge in [0.1, 0.15) is 5.76 Å². The summed E-state index contributed by atoms with van der Waals surface area (Å²) in [5.41, 5.74) is 8.19. The number of halogens is 1. The summed E-state index contributed by atoms with van der Waals surface area (Å²) in [5.74, 6) is 1.39. The number of aryl methyl sites for hydroxylation is 1. The van der Waals surface area contributed by atoms with Gasteiger partial charge in [-0.25, -0.2) is 0 Å². The molecule has 2 heterocycles. The van der Waals surface area contributed by atoms with Gasteiger partial charge in [0.05, 0.1) is 18.8 Å². The average Bonchev–Trinajstić information content (AvgIpc) is 3.21. The van der Waals surface area contributed by atoms with Crippen LogP contribution in [0.4, 0.5) is 5.69 Å². The van der Waals surface area contributed by atoms with E-state index in [1.54, 1.807) is 6.26 Å². The number of nitrogens with two attached hydrogens (primary N) is 1. The van der Waals surface area contributed by atoms with E-state index in [2.05, 4.69) is 28.2 Å². The van der Waals surface area contributed by atoms with Crippen molar-refractivity contribution < 1.29 is 4.42 Å². The molecule has 1 aromatic carbocycles. The summed E-state index contributed by atoms with van der Waals surface area (Å²) in [4.78, 5) is 6.95. The number of nitrogens with one attached hydrogen (secondary N) is 1. The number of rotatable bonds is 5. The van der Waals surface area contributed by atoms with E-state index in [9.17, 15) is 0 Å². The van der Waals surface area contributed by atoms with Gasteiger partial charge in [0.25, 0.3) is 0 Å². The first-order chi connectivity index (χ1) is 11.2. The predicted octanol–water partition coefficient (Wildman–Crippen LogP) is 3.77. The van der Waals surface area contributed by atoms with Crippen molar-refractivity contribution >= 4 is 35.6 Å². The monoisotopic (exact) mass is 440 g/mol. The van der Waals surface area contributed by atoms with Gasteiger partial charge in [-0.05, 0) is 62.7 Å². The molecule has 0 aliphatic carbocycles. The van der Waals surface area contributed by atoms with Crippen LogP contribution in [-0.4, -0.2) is 30.5 Å². The first kappa shape index (κ1) is 18.8. The maximum absolute atomic E-state index is 6.05. The molecule has 0 bridgehead atoms. The minimum absolute atomic E-state index is 0. The summed E-state index contributed by atoms with van der Waals surface area (Å²) >= 11 is 0. The van der Waals surface area contributed by atoms with Gasteiger partial charge in [0.15, 0.2) is 5.96 Å². The number of likely N-dealkylation sites (tertiary alicyclic amines) is 1. The molecule has 1 fully saturated rings. The van der Waals surface area contributed by atoms with Crippen LogP contribution in [0.1, 0.15) is 30.2 Å². The van der Waals surface area contributed by atoms with Gasteiger partial charge in [-0.3, -0.25) is 9.89 Å². The molecule has 1 atom stereocenters. The summed E-state index contributed by atoms with van der Waals surface area (Å²) in [5, 5.41) is 3.15.